The van der Waals surface area contributed by atoms with Crippen molar-refractivity contribution in [2.24, 2.45) is 0 Å². The molecule has 114 valence electrons. The van der Waals surface area contributed by atoms with Crippen LogP contribution in [0.15, 0.2) is 54.7 Å². The van der Waals surface area contributed by atoms with E-state index in [1.165, 1.54) is 4.90 Å². The predicted octanol–water partition coefficient (Wildman–Crippen LogP) is 3.45. The quantitative estimate of drug-likeness (QED) is 0.848. The Hall–Kier alpha value is -2.75. The minimum absolute atomic E-state index is 0.117. The van der Waals surface area contributed by atoms with Crippen LogP contribution in [-0.2, 0) is 0 Å². The largest absolute Gasteiger partial charge is 0.493 e. The zero-order valence-corrected chi connectivity index (χ0v) is 12.9. The van der Waals surface area contributed by atoms with Crippen LogP contribution in [-0.4, -0.2) is 32.1 Å². The molecule has 0 unspecified atom stereocenters. The van der Waals surface area contributed by atoms with E-state index in [0.717, 1.165) is 5.56 Å². The van der Waals surface area contributed by atoms with Gasteiger partial charge in [0.15, 0.2) is 11.5 Å². The molecule has 0 atom stereocenters. The molecule has 0 bridgehead atoms. The molecule has 0 spiro atoms. The van der Waals surface area contributed by atoms with Crippen LogP contribution in [0.4, 0.5) is 0 Å². The van der Waals surface area contributed by atoms with Gasteiger partial charge in [-0.05, 0) is 29.8 Å². The van der Waals surface area contributed by atoms with Gasteiger partial charge in [0.25, 0.3) is 5.91 Å². The van der Waals surface area contributed by atoms with Gasteiger partial charge in [0, 0.05) is 18.8 Å². The van der Waals surface area contributed by atoms with Crippen LogP contribution in [0.2, 0.25) is 0 Å². The Labute approximate surface area is 130 Å². The number of ether oxygens (including phenoxy) is 2. The Kier molecular flexibility index (Phi) is 5.20. The third-order valence-corrected chi connectivity index (χ3v) is 3.24. The Morgan fingerprint density at radius 1 is 1.00 bits per heavy atom. The van der Waals surface area contributed by atoms with Crippen molar-refractivity contribution in [2.75, 3.05) is 21.3 Å². The van der Waals surface area contributed by atoms with Crippen molar-refractivity contribution in [3.8, 4) is 11.5 Å². The number of carbonyl (C=O) groups excluding carboxylic acids is 1. The second-order valence-electron chi connectivity index (χ2n) is 4.71. The van der Waals surface area contributed by atoms with Crippen LogP contribution in [0, 0.1) is 0 Å². The zero-order chi connectivity index (χ0) is 15.9. The molecule has 0 aliphatic carbocycles. The maximum Gasteiger partial charge on any atom is 0.257 e. The van der Waals surface area contributed by atoms with Crippen molar-refractivity contribution in [3.63, 3.8) is 0 Å². The monoisotopic (exact) mass is 297 g/mol. The van der Waals surface area contributed by atoms with Gasteiger partial charge in [-0.15, -0.1) is 0 Å². The number of amides is 1. The van der Waals surface area contributed by atoms with Gasteiger partial charge in [-0.25, -0.2) is 0 Å². The second kappa shape index (κ2) is 7.31. The first-order valence-corrected chi connectivity index (χ1v) is 6.88. The summed E-state index contributed by atoms with van der Waals surface area (Å²) in [6.45, 7) is 0. The Morgan fingerprint density at radius 3 is 2.32 bits per heavy atom. The van der Waals surface area contributed by atoms with E-state index in [0.29, 0.717) is 17.1 Å². The van der Waals surface area contributed by atoms with Gasteiger partial charge in [0.2, 0.25) is 0 Å². The highest BCUT2D eigenvalue weighted by atomic mass is 16.5. The SMILES string of the molecule is COc1ccc(C(=O)N(C)/C=C/c2ccccc2)cc1OC. The van der Waals surface area contributed by atoms with Gasteiger partial charge in [0.05, 0.1) is 14.2 Å². The maximum atomic E-state index is 12.4. The molecule has 0 aliphatic heterocycles. The summed E-state index contributed by atoms with van der Waals surface area (Å²) in [5.41, 5.74) is 1.58. The lowest BCUT2D eigenvalue weighted by Gasteiger charge is -2.14. The summed E-state index contributed by atoms with van der Waals surface area (Å²) >= 11 is 0. The summed E-state index contributed by atoms with van der Waals surface area (Å²) in [6, 6.07) is 14.9. The molecular weight excluding hydrogens is 278 g/mol. The van der Waals surface area contributed by atoms with E-state index >= 15 is 0 Å². The zero-order valence-electron chi connectivity index (χ0n) is 12.9. The highest BCUT2D eigenvalue weighted by Gasteiger charge is 2.13. The van der Waals surface area contributed by atoms with E-state index in [9.17, 15) is 4.79 Å². The first-order chi connectivity index (χ1) is 10.7. The third kappa shape index (κ3) is 3.67. The van der Waals surface area contributed by atoms with Crippen molar-refractivity contribution in [2.45, 2.75) is 0 Å². The minimum atomic E-state index is -0.117. The van der Waals surface area contributed by atoms with E-state index in [4.69, 9.17) is 9.47 Å². The van der Waals surface area contributed by atoms with Crippen molar-refractivity contribution >= 4 is 12.0 Å². The average molecular weight is 297 g/mol. The first-order valence-electron chi connectivity index (χ1n) is 6.88. The number of rotatable bonds is 5. The number of hydrogen-bond donors (Lipinski definition) is 0. The molecule has 0 heterocycles. The number of nitrogens with zero attached hydrogens (tertiary/aromatic N) is 1. The van der Waals surface area contributed by atoms with Gasteiger partial charge in [-0.1, -0.05) is 30.3 Å². The average Bonchev–Trinajstić information content (AvgIpc) is 2.59. The number of carbonyl (C=O) groups is 1. The first kappa shape index (κ1) is 15.6. The lowest BCUT2D eigenvalue weighted by molar-refractivity contribution is 0.0850. The van der Waals surface area contributed by atoms with Crippen LogP contribution in [0.25, 0.3) is 6.08 Å². The van der Waals surface area contributed by atoms with Gasteiger partial charge < -0.3 is 14.4 Å². The fourth-order valence-electron chi connectivity index (χ4n) is 2.00. The summed E-state index contributed by atoms with van der Waals surface area (Å²) < 4.78 is 10.4. The van der Waals surface area contributed by atoms with Crippen LogP contribution < -0.4 is 9.47 Å². The van der Waals surface area contributed by atoms with Crippen molar-refractivity contribution in [1.29, 1.82) is 0 Å². The van der Waals surface area contributed by atoms with Crippen molar-refractivity contribution in [1.82, 2.24) is 4.90 Å². The minimum Gasteiger partial charge on any atom is -0.493 e. The summed E-state index contributed by atoms with van der Waals surface area (Å²) in [6.07, 6.45) is 3.63. The standard InChI is InChI=1S/C18H19NO3/c1-19(12-11-14-7-5-4-6-8-14)18(20)15-9-10-16(21-2)17(13-15)22-3/h4-13H,1-3H3/b12-11+. The molecule has 4 nitrogen and oxygen atoms in total. The van der Waals surface area contributed by atoms with Gasteiger partial charge in [0.1, 0.15) is 0 Å². The topological polar surface area (TPSA) is 38.8 Å². The Balaban J connectivity index is 2.15. The number of methoxy groups -OCH3 is 2. The Morgan fingerprint density at radius 2 is 1.68 bits per heavy atom. The lowest BCUT2D eigenvalue weighted by atomic mass is 10.1. The molecule has 0 saturated carbocycles. The van der Waals surface area contributed by atoms with Crippen LogP contribution in [0.5, 0.6) is 11.5 Å². The van der Waals surface area contributed by atoms with E-state index < -0.39 is 0 Å². The number of hydrogen-bond acceptors (Lipinski definition) is 3. The molecule has 0 N–H and O–H groups in total. The molecule has 0 aliphatic rings. The lowest BCUT2D eigenvalue weighted by Crippen LogP contribution is -2.20. The normalized spacial score (nSPS) is 10.5. The molecule has 0 aromatic heterocycles. The summed E-state index contributed by atoms with van der Waals surface area (Å²) in [4.78, 5) is 13.9. The fourth-order valence-corrected chi connectivity index (χ4v) is 2.00. The Bertz CT molecular complexity index is 665. The molecule has 0 saturated heterocycles. The van der Waals surface area contributed by atoms with Gasteiger partial charge >= 0.3 is 0 Å². The number of benzene rings is 2. The van der Waals surface area contributed by atoms with E-state index in [1.807, 2.05) is 36.4 Å². The maximum absolute atomic E-state index is 12.4. The van der Waals surface area contributed by atoms with Crippen molar-refractivity contribution in [3.05, 3.63) is 65.9 Å². The molecule has 4 heteroatoms. The molecule has 0 radical (unpaired) electrons. The molecule has 2 aromatic rings. The summed E-state index contributed by atoms with van der Waals surface area (Å²) in [5.74, 6) is 1.02. The van der Waals surface area contributed by atoms with Crippen molar-refractivity contribution < 1.29 is 14.3 Å². The molecule has 0 fully saturated rings. The second-order valence-corrected chi connectivity index (χ2v) is 4.71. The highest BCUT2D eigenvalue weighted by Crippen LogP contribution is 2.27. The fraction of sp³-hybridized carbons (Fsp3) is 0.167. The van der Waals surface area contributed by atoms with E-state index in [2.05, 4.69) is 0 Å². The molecule has 22 heavy (non-hydrogen) atoms. The third-order valence-electron chi connectivity index (χ3n) is 3.24. The molecule has 2 rings (SSSR count). The molecule has 2 aromatic carbocycles. The van der Waals surface area contributed by atoms with Crippen LogP contribution >= 0.6 is 0 Å². The van der Waals surface area contributed by atoms with Gasteiger partial charge in [-0.2, -0.15) is 0 Å². The van der Waals surface area contributed by atoms with E-state index in [-0.39, 0.29) is 5.91 Å². The van der Waals surface area contributed by atoms with Gasteiger partial charge in [-0.3, -0.25) is 4.79 Å². The smallest absolute Gasteiger partial charge is 0.257 e. The summed E-state index contributed by atoms with van der Waals surface area (Å²) in [7, 11) is 4.83. The van der Waals surface area contributed by atoms with Crippen LogP contribution in [0.1, 0.15) is 15.9 Å². The van der Waals surface area contributed by atoms with E-state index in [1.54, 1.807) is 45.7 Å². The van der Waals surface area contributed by atoms with Crippen LogP contribution in [0.3, 0.4) is 0 Å². The molecular formula is C18H19NO3. The predicted molar refractivity (Wildman–Crippen MR) is 87.1 cm³/mol. The highest BCUT2D eigenvalue weighted by molar-refractivity contribution is 5.95. The molecule has 1 amide bonds. The summed E-state index contributed by atoms with van der Waals surface area (Å²) in [5, 5.41) is 0.